The Hall–Kier alpha value is -3.36. The number of fused-ring (bicyclic) bond motifs is 1. The van der Waals surface area contributed by atoms with Gasteiger partial charge in [0, 0.05) is 27.4 Å². The Kier molecular flexibility index (Phi) is 7.28. The van der Waals surface area contributed by atoms with Crippen molar-refractivity contribution < 1.29 is 24.6 Å². The minimum atomic E-state index is -0.907. The summed E-state index contributed by atoms with van der Waals surface area (Å²) in [7, 11) is 0. The summed E-state index contributed by atoms with van der Waals surface area (Å²) >= 11 is 3.35. The Morgan fingerprint density at radius 1 is 1.10 bits per heavy atom. The smallest absolute Gasteiger partial charge is 0.412 e. The first-order valence-electron chi connectivity index (χ1n) is 9.45. The van der Waals surface area contributed by atoms with E-state index in [9.17, 15) is 14.7 Å². The van der Waals surface area contributed by atoms with E-state index in [-0.39, 0.29) is 5.75 Å². The van der Waals surface area contributed by atoms with Crippen molar-refractivity contribution >= 4 is 44.4 Å². The van der Waals surface area contributed by atoms with Crippen LogP contribution in [0.3, 0.4) is 0 Å². The predicted molar refractivity (Wildman–Crippen MR) is 121 cm³/mol. The first-order valence-corrected chi connectivity index (χ1v) is 10.2. The summed E-state index contributed by atoms with van der Waals surface area (Å²) in [5.74, 6) is -1.28. The van der Waals surface area contributed by atoms with E-state index in [4.69, 9.17) is 9.94 Å². The number of benzene rings is 3. The van der Waals surface area contributed by atoms with Crippen LogP contribution in [0.15, 0.2) is 77.3 Å². The number of phenols is 1. The summed E-state index contributed by atoms with van der Waals surface area (Å²) in [6.45, 7) is 1.72. The fourth-order valence-electron chi connectivity index (χ4n) is 3.17. The second-order valence-corrected chi connectivity index (χ2v) is 7.79. The highest BCUT2D eigenvalue weighted by Gasteiger charge is 2.25. The van der Waals surface area contributed by atoms with Crippen LogP contribution in [0.5, 0.6) is 5.75 Å². The van der Waals surface area contributed by atoms with Gasteiger partial charge in [0.15, 0.2) is 0 Å². The van der Waals surface area contributed by atoms with E-state index >= 15 is 0 Å². The number of hydrogen-bond donors (Lipinski definition) is 4. The van der Waals surface area contributed by atoms with Gasteiger partial charge in [-0.15, -0.1) is 0 Å². The quantitative estimate of drug-likeness (QED) is 0.216. The molecule has 0 saturated heterocycles. The maximum absolute atomic E-state index is 12.8. The molecular weight excluding hydrogens is 464 g/mol. The third-order valence-corrected chi connectivity index (χ3v) is 5.19. The molecule has 0 aromatic heterocycles. The van der Waals surface area contributed by atoms with Gasteiger partial charge in [0.05, 0.1) is 5.69 Å². The number of hydroxylamine groups is 1. The number of carbonyl (C=O) groups excluding carboxylic acids is 2. The van der Waals surface area contributed by atoms with Gasteiger partial charge in [-0.05, 0) is 29.7 Å². The van der Waals surface area contributed by atoms with E-state index < -0.39 is 24.0 Å². The molecule has 0 fully saturated rings. The highest BCUT2D eigenvalue weighted by molar-refractivity contribution is 9.10. The summed E-state index contributed by atoms with van der Waals surface area (Å²) < 4.78 is 6.36. The topological polar surface area (TPSA) is 108 Å². The summed E-state index contributed by atoms with van der Waals surface area (Å²) in [5, 5.41) is 23.6. The molecule has 2 amide bonds. The molecular formula is C23H21BrN2O5. The average Bonchev–Trinajstić information content (AvgIpc) is 2.77. The molecule has 31 heavy (non-hydrogen) atoms. The number of hydrogen-bond acceptors (Lipinski definition) is 5. The Morgan fingerprint density at radius 3 is 2.61 bits per heavy atom. The van der Waals surface area contributed by atoms with Gasteiger partial charge in [0.25, 0.3) is 5.91 Å². The molecule has 0 heterocycles. The number of ether oxygens (including phenoxy) is 1. The van der Waals surface area contributed by atoms with Crippen molar-refractivity contribution in [3.63, 3.8) is 0 Å². The first-order chi connectivity index (χ1) is 14.9. The Bertz CT molecular complexity index is 1130. The SMILES string of the molecule is C[C@@H](/C=C/C(=O)NO)[C@@H](OC(=O)Nc1cccc2ccccc12)c1cc(Br)ccc1O. The number of amides is 2. The van der Waals surface area contributed by atoms with Crippen molar-refractivity contribution in [3.8, 4) is 5.75 Å². The monoisotopic (exact) mass is 484 g/mol. The average molecular weight is 485 g/mol. The standard InChI is InChI=1S/C23H21BrN2O5/c1-14(9-12-21(28)26-30)22(18-13-16(24)10-11-20(18)27)31-23(29)25-19-8-4-6-15-5-2-3-7-17(15)19/h2-14,22,27,30H,1H3,(H,25,29)(H,26,28)/b12-9+/t14-,22+/m0/s1. The lowest BCUT2D eigenvalue weighted by atomic mass is 9.96. The van der Waals surface area contributed by atoms with E-state index in [0.29, 0.717) is 15.7 Å². The summed E-state index contributed by atoms with van der Waals surface area (Å²) in [6.07, 6.45) is 0.975. The van der Waals surface area contributed by atoms with Crippen molar-refractivity contribution in [2.75, 3.05) is 5.32 Å². The fraction of sp³-hybridized carbons (Fsp3) is 0.130. The van der Waals surface area contributed by atoms with Gasteiger partial charge in [0.1, 0.15) is 11.9 Å². The molecule has 0 aliphatic rings. The number of anilines is 1. The molecule has 0 spiro atoms. The third kappa shape index (κ3) is 5.62. The molecule has 0 saturated carbocycles. The maximum atomic E-state index is 12.8. The van der Waals surface area contributed by atoms with Crippen LogP contribution in [0, 0.1) is 5.92 Å². The zero-order chi connectivity index (χ0) is 22.4. The molecule has 0 aliphatic carbocycles. The van der Waals surface area contributed by atoms with Crippen LogP contribution in [0.1, 0.15) is 18.6 Å². The normalized spacial score (nSPS) is 13.0. The number of carbonyl (C=O) groups is 2. The Labute approximate surface area is 187 Å². The molecule has 160 valence electrons. The lowest BCUT2D eigenvalue weighted by molar-refractivity contribution is -0.124. The predicted octanol–water partition coefficient (Wildman–Crippen LogP) is 5.30. The summed E-state index contributed by atoms with van der Waals surface area (Å²) in [5.41, 5.74) is 2.46. The van der Waals surface area contributed by atoms with Crippen molar-refractivity contribution in [3.05, 3.63) is 82.9 Å². The van der Waals surface area contributed by atoms with Crippen molar-refractivity contribution in [1.29, 1.82) is 0 Å². The zero-order valence-corrected chi connectivity index (χ0v) is 18.2. The number of phenolic OH excluding ortho intramolecular Hbond substituents is 1. The zero-order valence-electron chi connectivity index (χ0n) is 16.6. The Morgan fingerprint density at radius 2 is 1.84 bits per heavy atom. The number of nitrogens with one attached hydrogen (secondary N) is 2. The number of rotatable bonds is 6. The number of halogens is 1. The van der Waals surface area contributed by atoms with Gasteiger partial charge in [-0.2, -0.15) is 0 Å². The highest BCUT2D eigenvalue weighted by atomic mass is 79.9. The van der Waals surface area contributed by atoms with Crippen LogP contribution in [-0.2, 0) is 9.53 Å². The van der Waals surface area contributed by atoms with Gasteiger partial charge in [0.2, 0.25) is 0 Å². The van der Waals surface area contributed by atoms with Crippen LogP contribution < -0.4 is 10.8 Å². The largest absolute Gasteiger partial charge is 0.508 e. The maximum Gasteiger partial charge on any atom is 0.412 e. The lowest BCUT2D eigenvalue weighted by Gasteiger charge is -2.24. The molecule has 0 radical (unpaired) electrons. The highest BCUT2D eigenvalue weighted by Crippen LogP contribution is 2.35. The minimum absolute atomic E-state index is 0.0574. The van der Waals surface area contributed by atoms with Crippen LogP contribution in [0.4, 0.5) is 10.5 Å². The van der Waals surface area contributed by atoms with Crippen molar-refractivity contribution in [1.82, 2.24) is 5.48 Å². The van der Waals surface area contributed by atoms with Gasteiger partial charge >= 0.3 is 6.09 Å². The van der Waals surface area contributed by atoms with Gasteiger partial charge in [-0.25, -0.2) is 10.3 Å². The minimum Gasteiger partial charge on any atom is -0.508 e. The van der Waals surface area contributed by atoms with E-state index in [1.54, 1.807) is 25.1 Å². The molecule has 4 N–H and O–H groups in total. The Balaban J connectivity index is 1.88. The lowest BCUT2D eigenvalue weighted by Crippen LogP contribution is -2.22. The molecule has 3 aromatic carbocycles. The van der Waals surface area contributed by atoms with Crippen LogP contribution in [-0.4, -0.2) is 22.3 Å². The molecule has 3 aromatic rings. The van der Waals surface area contributed by atoms with Gasteiger partial charge in [-0.1, -0.05) is 65.3 Å². The van der Waals surface area contributed by atoms with Gasteiger partial charge < -0.3 is 9.84 Å². The number of aromatic hydroxyl groups is 1. The molecule has 0 aliphatic heterocycles. The molecule has 0 unspecified atom stereocenters. The fourth-order valence-corrected chi connectivity index (χ4v) is 3.55. The molecule has 7 nitrogen and oxygen atoms in total. The second kappa shape index (κ2) is 10.1. The molecule has 0 bridgehead atoms. The van der Waals surface area contributed by atoms with Gasteiger partial charge in [-0.3, -0.25) is 15.3 Å². The van der Waals surface area contributed by atoms with E-state index in [2.05, 4.69) is 21.2 Å². The van der Waals surface area contributed by atoms with E-state index in [1.807, 2.05) is 36.4 Å². The van der Waals surface area contributed by atoms with Crippen LogP contribution in [0.2, 0.25) is 0 Å². The van der Waals surface area contributed by atoms with Crippen molar-refractivity contribution in [2.24, 2.45) is 5.92 Å². The van der Waals surface area contributed by atoms with Crippen LogP contribution in [0.25, 0.3) is 10.8 Å². The summed E-state index contributed by atoms with van der Waals surface area (Å²) in [4.78, 5) is 24.1. The molecule has 8 heteroatoms. The van der Waals surface area contributed by atoms with Crippen LogP contribution >= 0.6 is 15.9 Å². The second-order valence-electron chi connectivity index (χ2n) is 6.88. The summed E-state index contributed by atoms with van der Waals surface area (Å²) in [6, 6.07) is 17.9. The third-order valence-electron chi connectivity index (χ3n) is 4.70. The van der Waals surface area contributed by atoms with Crippen molar-refractivity contribution in [2.45, 2.75) is 13.0 Å². The van der Waals surface area contributed by atoms with E-state index in [1.165, 1.54) is 17.6 Å². The van der Waals surface area contributed by atoms with E-state index in [0.717, 1.165) is 16.8 Å². The molecule has 2 atom stereocenters. The molecule has 3 rings (SSSR count). The first kappa shape index (κ1) is 22.3.